The Bertz CT molecular complexity index is 274. The van der Waals surface area contributed by atoms with Gasteiger partial charge in [-0.1, -0.05) is 0 Å². The third kappa shape index (κ3) is 4.36. The van der Waals surface area contributed by atoms with E-state index >= 15 is 0 Å². The molecule has 0 aromatic carbocycles. The van der Waals surface area contributed by atoms with E-state index in [1.807, 2.05) is 0 Å². The largest absolute Gasteiger partial charge is 0.380 e. The van der Waals surface area contributed by atoms with Gasteiger partial charge in [0.05, 0.1) is 12.3 Å². The lowest BCUT2D eigenvalue weighted by Crippen LogP contribution is -2.20. The van der Waals surface area contributed by atoms with E-state index in [1.54, 1.807) is 18.6 Å². The predicted octanol–water partition coefficient (Wildman–Crippen LogP) is 0.993. The third-order valence-electron chi connectivity index (χ3n) is 2.40. The molecular weight excluding hydrogens is 190 g/mol. The number of hydrogen-bond acceptors (Lipinski definition) is 4. The Morgan fingerprint density at radius 1 is 1.40 bits per heavy atom. The Morgan fingerprint density at radius 2 is 2.33 bits per heavy atom. The molecule has 0 bridgehead atoms. The van der Waals surface area contributed by atoms with Gasteiger partial charge >= 0.3 is 0 Å². The Labute approximate surface area is 90.1 Å². The number of aromatic nitrogens is 2. The van der Waals surface area contributed by atoms with Crippen LogP contribution in [0.5, 0.6) is 0 Å². The highest BCUT2D eigenvalue weighted by atomic mass is 16.5. The molecule has 0 atom stereocenters. The normalized spacial score (nSPS) is 15.5. The van der Waals surface area contributed by atoms with Crippen molar-refractivity contribution < 1.29 is 4.74 Å². The zero-order chi connectivity index (χ0) is 10.3. The first-order chi connectivity index (χ1) is 7.45. The monoisotopic (exact) mass is 207 g/mol. The van der Waals surface area contributed by atoms with Gasteiger partial charge in [0, 0.05) is 38.3 Å². The van der Waals surface area contributed by atoms with E-state index in [9.17, 15) is 0 Å². The van der Waals surface area contributed by atoms with Gasteiger partial charge in [-0.05, 0) is 18.8 Å². The van der Waals surface area contributed by atoms with Crippen molar-refractivity contribution in [1.29, 1.82) is 0 Å². The molecule has 1 N–H and O–H groups in total. The van der Waals surface area contributed by atoms with Crippen molar-refractivity contribution in [3.05, 3.63) is 24.3 Å². The van der Waals surface area contributed by atoms with Gasteiger partial charge in [0.25, 0.3) is 0 Å². The SMILES string of the molecule is c1cnc(CNCCOCC2CC2)cn1. The van der Waals surface area contributed by atoms with Crippen molar-refractivity contribution in [2.45, 2.75) is 19.4 Å². The fraction of sp³-hybridized carbons (Fsp3) is 0.636. The molecular formula is C11H17N3O. The van der Waals surface area contributed by atoms with Crippen LogP contribution >= 0.6 is 0 Å². The Hall–Kier alpha value is -1.00. The van der Waals surface area contributed by atoms with Crippen molar-refractivity contribution in [3.8, 4) is 0 Å². The Kier molecular flexibility index (Phi) is 4.05. The van der Waals surface area contributed by atoms with Crippen LogP contribution in [-0.4, -0.2) is 29.7 Å². The second-order valence-corrected chi connectivity index (χ2v) is 3.89. The second kappa shape index (κ2) is 5.78. The molecule has 1 fully saturated rings. The minimum Gasteiger partial charge on any atom is -0.380 e. The van der Waals surface area contributed by atoms with E-state index in [-0.39, 0.29) is 0 Å². The molecule has 82 valence electrons. The minimum atomic E-state index is 0.765. The van der Waals surface area contributed by atoms with E-state index < -0.39 is 0 Å². The summed E-state index contributed by atoms with van der Waals surface area (Å²) >= 11 is 0. The maximum absolute atomic E-state index is 5.50. The molecule has 0 aliphatic heterocycles. The van der Waals surface area contributed by atoms with Crippen LogP contribution in [0.25, 0.3) is 0 Å². The number of ether oxygens (including phenoxy) is 1. The smallest absolute Gasteiger partial charge is 0.0724 e. The van der Waals surface area contributed by atoms with E-state index in [1.165, 1.54) is 12.8 Å². The maximum Gasteiger partial charge on any atom is 0.0724 e. The van der Waals surface area contributed by atoms with Crippen LogP contribution in [0, 0.1) is 5.92 Å². The lowest BCUT2D eigenvalue weighted by molar-refractivity contribution is 0.126. The first kappa shape index (κ1) is 10.5. The molecule has 0 amide bonds. The van der Waals surface area contributed by atoms with Crippen molar-refractivity contribution in [1.82, 2.24) is 15.3 Å². The van der Waals surface area contributed by atoms with Crippen LogP contribution in [0.1, 0.15) is 18.5 Å². The van der Waals surface area contributed by atoms with Gasteiger partial charge in [0.15, 0.2) is 0 Å². The zero-order valence-corrected chi connectivity index (χ0v) is 8.85. The van der Waals surface area contributed by atoms with Crippen LogP contribution in [0.15, 0.2) is 18.6 Å². The molecule has 0 radical (unpaired) electrons. The van der Waals surface area contributed by atoms with Crippen LogP contribution in [0.4, 0.5) is 0 Å². The van der Waals surface area contributed by atoms with Crippen molar-refractivity contribution in [3.63, 3.8) is 0 Å². The Balaban J connectivity index is 1.47. The van der Waals surface area contributed by atoms with Gasteiger partial charge in [0.2, 0.25) is 0 Å². The van der Waals surface area contributed by atoms with Crippen LogP contribution in [-0.2, 0) is 11.3 Å². The van der Waals surface area contributed by atoms with Gasteiger partial charge in [-0.2, -0.15) is 0 Å². The number of nitrogens with one attached hydrogen (secondary N) is 1. The molecule has 4 nitrogen and oxygen atoms in total. The summed E-state index contributed by atoms with van der Waals surface area (Å²) in [7, 11) is 0. The van der Waals surface area contributed by atoms with Gasteiger partial charge in [-0.15, -0.1) is 0 Å². The summed E-state index contributed by atoms with van der Waals surface area (Å²) in [6, 6.07) is 0. The van der Waals surface area contributed by atoms with E-state index in [2.05, 4.69) is 15.3 Å². The average Bonchev–Trinajstić information content (AvgIpc) is 3.09. The number of rotatable bonds is 7. The summed E-state index contributed by atoms with van der Waals surface area (Å²) < 4.78 is 5.50. The molecule has 0 unspecified atom stereocenters. The van der Waals surface area contributed by atoms with E-state index in [0.29, 0.717) is 0 Å². The zero-order valence-electron chi connectivity index (χ0n) is 8.85. The number of hydrogen-bond donors (Lipinski definition) is 1. The van der Waals surface area contributed by atoms with Gasteiger partial charge in [-0.25, -0.2) is 0 Å². The topological polar surface area (TPSA) is 47.0 Å². The van der Waals surface area contributed by atoms with Crippen molar-refractivity contribution in [2.24, 2.45) is 5.92 Å². The standard InChI is InChI=1S/C11H17N3O/c1-2-10(1)9-15-6-5-13-8-11-7-12-3-4-14-11/h3-4,7,10,13H,1-2,5-6,8-9H2. The highest BCUT2D eigenvalue weighted by Crippen LogP contribution is 2.28. The lowest BCUT2D eigenvalue weighted by atomic mass is 10.4. The van der Waals surface area contributed by atoms with E-state index in [4.69, 9.17) is 4.74 Å². The third-order valence-corrected chi connectivity index (χ3v) is 2.40. The predicted molar refractivity (Wildman–Crippen MR) is 57.3 cm³/mol. The summed E-state index contributed by atoms with van der Waals surface area (Å²) in [5.74, 6) is 0.852. The summed E-state index contributed by atoms with van der Waals surface area (Å²) in [4.78, 5) is 8.17. The van der Waals surface area contributed by atoms with Gasteiger partial charge in [-0.3, -0.25) is 9.97 Å². The summed E-state index contributed by atoms with van der Waals surface area (Å²) in [6.45, 7) is 3.37. The molecule has 4 heteroatoms. The molecule has 0 spiro atoms. The molecule has 2 rings (SSSR count). The average molecular weight is 207 g/mol. The molecule has 15 heavy (non-hydrogen) atoms. The first-order valence-corrected chi connectivity index (χ1v) is 5.48. The van der Waals surface area contributed by atoms with Crippen LogP contribution in [0.2, 0.25) is 0 Å². The Morgan fingerprint density at radius 3 is 3.07 bits per heavy atom. The summed E-state index contributed by atoms with van der Waals surface area (Å²) in [6.07, 6.45) is 7.88. The molecule has 1 aromatic heterocycles. The summed E-state index contributed by atoms with van der Waals surface area (Å²) in [5.41, 5.74) is 0.972. The quantitative estimate of drug-likeness (QED) is 0.677. The fourth-order valence-corrected chi connectivity index (χ4v) is 1.32. The molecule has 1 aromatic rings. The fourth-order valence-electron chi connectivity index (χ4n) is 1.32. The van der Waals surface area contributed by atoms with Crippen LogP contribution < -0.4 is 5.32 Å². The van der Waals surface area contributed by atoms with Crippen molar-refractivity contribution >= 4 is 0 Å². The first-order valence-electron chi connectivity index (χ1n) is 5.48. The highest BCUT2D eigenvalue weighted by Gasteiger charge is 2.20. The minimum absolute atomic E-state index is 0.765. The summed E-state index contributed by atoms with van der Waals surface area (Å²) in [5, 5.41) is 3.27. The second-order valence-electron chi connectivity index (χ2n) is 3.89. The highest BCUT2D eigenvalue weighted by molar-refractivity contribution is 4.93. The number of nitrogens with zero attached hydrogens (tertiary/aromatic N) is 2. The van der Waals surface area contributed by atoms with E-state index in [0.717, 1.165) is 37.9 Å². The molecule has 1 aliphatic carbocycles. The maximum atomic E-state index is 5.50. The molecule has 1 heterocycles. The lowest BCUT2D eigenvalue weighted by Gasteiger charge is -2.04. The molecule has 0 saturated heterocycles. The molecule has 1 saturated carbocycles. The van der Waals surface area contributed by atoms with Gasteiger partial charge in [0.1, 0.15) is 0 Å². The van der Waals surface area contributed by atoms with Crippen molar-refractivity contribution in [2.75, 3.05) is 19.8 Å². The van der Waals surface area contributed by atoms with Crippen LogP contribution in [0.3, 0.4) is 0 Å². The van der Waals surface area contributed by atoms with Gasteiger partial charge < -0.3 is 10.1 Å². The molecule has 1 aliphatic rings.